The minimum Gasteiger partial charge on any atom is -0.480 e. The van der Waals surface area contributed by atoms with E-state index >= 15 is 0 Å². The second kappa shape index (κ2) is 7.50. The molecule has 0 unspecified atom stereocenters. The lowest BCUT2D eigenvalue weighted by atomic mass is 10.6. The van der Waals surface area contributed by atoms with Crippen LogP contribution >= 0.6 is 0 Å². The summed E-state index contributed by atoms with van der Waals surface area (Å²) in [4.78, 5) is 34.3. The van der Waals surface area contributed by atoms with Gasteiger partial charge in [-0.25, -0.2) is 0 Å². The first kappa shape index (κ1) is 13.1. The summed E-state index contributed by atoms with van der Waals surface area (Å²) in [6.45, 7) is -1.26. The zero-order valence-corrected chi connectivity index (χ0v) is 7.67. The smallest absolute Gasteiger partial charge is 0.322 e. The highest BCUT2D eigenvalue weighted by Crippen LogP contribution is 1.79. The van der Waals surface area contributed by atoms with E-state index in [9.17, 15) is 19.7 Å². The Kier molecular flexibility index (Phi) is 6.55. The van der Waals surface area contributed by atoms with Gasteiger partial charge in [0.15, 0.2) is 0 Å². The molecule has 0 rings (SSSR count). The van der Waals surface area contributed by atoms with Gasteiger partial charge < -0.3 is 20.0 Å². The van der Waals surface area contributed by atoms with Gasteiger partial charge in [-0.15, -0.1) is 10.1 Å². The second-order valence-electron chi connectivity index (χ2n) is 2.28. The SMILES string of the molecule is O=C(O)CNC(=O)COCCO[N+](=O)[O-]. The molecule has 0 fully saturated rings. The van der Waals surface area contributed by atoms with Crippen molar-refractivity contribution in [3.8, 4) is 0 Å². The largest absolute Gasteiger partial charge is 0.480 e. The summed E-state index contributed by atoms with van der Waals surface area (Å²) in [5.41, 5.74) is 0. The van der Waals surface area contributed by atoms with Crippen LogP contribution in [0.1, 0.15) is 0 Å². The van der Waals surface area contributed by atoms with Crippen LogP contribution in [0.25, 0.3) is 0 Å². The molecular weight excluding hydrogens is 212 g/mol. The van der Waals surface area contributed by atoms with Crippen molar-refractivity contribution in [1.82, 2.24) is 5.32 Å². The molecule has 15 heavy (non-hydrogen) atoms. The van der Waals surface area contributed by atoms with Gasteiger partial charge in [-0.3, -0.25) is 9.59 Å². The Morgan fingerprint density at radius 1 is 1.40 bits per heavy atom. The summed E-state index contributed by atoms with van der Waals surface area (Å²) >= 11 is 0. The predicted molar refractivity (Wildman–Crippen MR) is 44.4 cm³/mol. The molecule has 0 heterocycles. The molecule has 1 amide bonds. The van der Waals surface area contributed by atoms with Crippen LogP contribution in [0.2, 0.25) is 0 Å². The number of nitrogens with zero attached hydrogens (tertiary/aromatic N) is 1. The van der Waals surface area contributed by atoms with Crippen molar-refractivity contribution in [3.05, 3.63) is 10.1 Å². The second-order valence-corrected chi connectivity index (χ2v) is 2.28. The zero-order chi connectivity index (χ0) is 11.7. The van der Waals surface area contributed by atoms with Crippen LogP contribution < -0.4 is 5.32 Å². The number of hydrogen-bond donors (Lipinski definition) is 2. The Morgan fingerprint density at radius 2 is 2.07 bits per heavy atom. The van der Waals surface area contributed by atoms with Crippen LogP contribution in [0.5, 0.6) is 0 Å². The molecule has 0 aliphatic heterocycles. The molecule has 0 aromatic rings. The van der Waals surface area contributed by atoms with E-state index in [0.29, 0.717) is 0 Å². The van der Waals surface area contributed by atoms with Crippen LogP contribution in [-0.2, 0) is 19.2 Å². The van der Waals surface area contributed by atoms with Crippen molar-refractivity contribution in [2.75, 3.05) is 26.4 Å². The number of carbonyl (C=O) groups is 2. The molecule has 9 nitrogen and oxygen atoms in total. The first-order chi connectivity index (χ1) is 7.02. The summed E-state index contributed by atoms with van der Waals surface area (Å²) in [6.07, 6.45) is 0. The molecular formula is C6H10N2O7. The van der Waals surface area contributed by atoms with Crippen molar-refractivity contribution >= 4 is 11.9 Å². The first-order valence-corrected chi connectivity index (χ1v) is 3.86. The van der Waals surface area contributed by atoms with E-state index < -0.39 is 23.5 Å². The number of nitrogens with one attached hydrogen (secondary N) is 1. The van der Waals surface area contributed by atoms with Gasteiger partial charge in [-0.2, -0.15) is 0 Å². The third-order valence-electron chi connectivity index (χ3n) is 1.09. The lowest BCUT2D eigenvalue weighted by Gasteiger charge is -2.03. The quantitative estimate of drug-likeness (QED) is 0.288. The van der Waals surface area contributed by atoms with E-state index in [0.717, 1.165) is 0 Å². The third kappa shape index (κ3) is 10.0. The number of aliphatic carboxylic acids is 1. The van der Waals surface area contributed by atoms with Crippen LogP contribution in [-0.4, -0.2) is 48.4 Å². The van der Waals surface area contributed by atoms with E-state index in [1.807, 2.05) is 5.32 Å². The molecule has 0 aromatic carbocycles. The summed E-state index contributed by atoms with van der Waals surface area (Å²) < 4.78 is 4.64. The fraction of sp³-hybridized carbons (Fsp3) is 0.667. The number of ether oxygens (including phenoxy) is 1. The maximum Gasteiger partial charge on any atom is 0.322 e. The molecule has 2 N–H and O–H groups in total. The summed E-state index contributed by atoms with van der Waals surface area (Å²) in [5, 5.41) is 18.9. The van der Waals surface area contributed by atoms with E-state index in [-0.39, 0.29) is 19.8 Å². The topological polar surface area (TPSA) is 128 Å². The standard InChI is InChI=1S/C6H10N2O7/c9-5(7-3-6(10)11)4-14-1-2-15-8(12)13/h1-4H2,(H,7,9)(H,10,11). The zero-order valence-electron chi connectivity index (χ0n) is 7.67. The summed E-state index contributed by atoms with van der Waals surface area (Å²) in [7, 11) is 0. The average molecular weight is 222 g/mol. The minimum absolute atomic E-state index is 0.124. The van der Waals surface area contributed by atoms with E-state index in [1.54, 1.807) is 0 Å². The average Bonchev–Trinajstić information content (AvgIpc) is 2.13. The van der Waals surface area contributed by atoms with Crippen molar-refractivity contribution in [2.45, 2.75) is 0 Å². The van der Waals surface area contributed by atoms with Crippen molar-refractivity contribution in [1.29, 1.82) is 0 Å². The molecule has 86 valence electrons. The molecule has 0 spiro atoms. The van der Waals surface area contributed by atoms with Crippen molar-refractivity contribution in [3.63, 3.8) is 0 Å². The van der Waals surface area contributed by atoms with Gasteiger partial charge in [0.2, 0.25) is 5.91 Å². The van der Waals surface area contributed by atoms with Crippen molar-refractivity contribution in [2.24, 2.45) is 0 Å². The number of carboxylic acid groups (broad SMARTS) is 1. The van der Waals surface area contributed by atoms with Gasteiger partial charge in [0.05, 0.1) is 6.61 Å². The van der Waals surface area contributed by atoms with E-state index in [1.165, 1.54) is 0 Å². The fourth-order valence-corrected chi connectivity index (χ4v) is 0.561. The van der Waals surface area contributed by atoms with Gasteiger partial charge in [0.25, 0.3) is 5.09 Å². The Labute approximate surface area is 84.1 Å². The number of amides is 1. The monoisotopic (exact) mass is 222 g/mol. The molecule has 0 aliphatic rings. The highest BCUT2D eigenvalue weighted by molar-refractivity contribution is 5.81. The highest BCUT2D eigenvalue weighted by atomic mass is 17.0. The minimum atomic E-state index is -1.17. The van der Waals surface area contributed by atoms with Crippen LogP contribution in [0.4, 0.5) is 0 Å². The van der Waals surface area contributed by atoms with Crippen LogP contribution in [0.3, 0.4) is 0 Å². The summed E-state index contributed by atoms with van der Waals surface area (Å²) in [5.74, 6) is -1.78. The molecule has 0 atom stereocenters. The Morgan fingerprint density at radius 3 is 2.60 bits per heavy atom. The van der Waals surface area contributed by atoms with Crippen LogP contribution in [0, 0.1) is 10.1 Å². The highest BCUT2D eigenvalue weighted by Gasteiger charge is 2.03. The lowest BCUT2D eigenvalue weighted by molar-refractivity contribution is -0.758. The molecule has 0 bridgehead atoms. The Hall–Kier alpha value is -1.90. The van der Waals surface area contributed by atoms with Gasteiger partial charge in [0, 0.05) is 0 Å². The van der Waals surface area contributed by atoms with Gasteiger partial charge in [0.1, 0.15) is 19.8 Å². The first-order valence-electron chi connectivity index (χ1n) is 3.86. The predicted octanol–water partition coefficient (Wildman–Crippen LogP) is -1.59. The Bertz CT molecular complexity index is 242. The van der Waals surface area contributed by atoms with Crippen LogP contribution in [0.15, 0.2) is 0 Å². The lowest BCUT2D eigenvalue weighted by Crippen LogP contribution is -2.32. The Balaban J connectivity index is 3.31. The molecule has 0 radical (unpaired) electrons. The normalized spacial score (nSPS) is 9.33. The molecule has 0 aliphatic carbocycles. The van der Waals surface area contributed by atoms with Gasteiger partial charge in [-0.1, -0.05) is 0 Å². The molecule has 9 heteroatoms. The molecule has 0 saturated carbocycles. The number of rotatable bonds is 8. The maximum absolute atomic E-state index is 10.8. The van der Waals surface area contributed by atoms with E-state index in [4.69, 9.17) is 5.11 Å². The van der Waals surface area contributed by atoms with E-state index in [2.05, 4.69) is 9.57 Å². The fourth-order valence-electron chi connectivity index (χ4n) is 0.561. The maximum atomic E-state index is 10.8. The molecule has 0 saturated heterocycles. The van der Waals surface area contributed by atoms with Gasteiger partial charge >= 0.3 is 5.97 Å². The van der Waals surface area contributed by atoms with Crippen molar-refractivity contribution < 1.29 is 29.4 Å². The number of carboxylic acids is 1. The number of carbonyl (C=O) groups excluding carboxylic acids is 1. The summed E-state index contributed by atoms with van der Waals surface area (Å²) in [6, 6.07) is 0. The third-order valence-corrected chi connectivity index (χ3v) is 1.09. The molecule has 0 aromatic heterocycles. The number of hydrogen-bond acceptors (Lipinski definition) is 6. The van der Waals surface area contributed by atoms with Gasteiger partial charge in [-0.05, 0) is 0 Å².